The topological polar surface area (TPSA) is 46.6 Å². The van der Waals surface area contributed by atoms with Crippen LogP contribution in [-0.2, 0) is 11.4 Å². The lowest BCUT2D eigenvalue weighted by Crippen LogP contribution is -2.28. The van der Waals surface area contributed by atoms with Crippen LogP contribution in [0.4, 0.5) is 4.79 Å². The lowest BCUT2D eigenvalue weighted by Gasteiger charge is -2.10. The summed E-state index contributed by atoms with van der Waals surface area (Å²) in [5.41, 5.74) is 1.69. The first-order valence-corrected chi connectivity index (χ1v) is 8.93. The van der Waals surface area contributed by atoms with Gasteiger partial charge in [0, 0.05) is 10.6 Å². The van der Waals surface area contributed by atoms with E-state index in [4.69, 9.17) is 22.8 Å². The molecule has 6 heteroatoms. The standard InChI is InChI=1S/C20H14ClNO3S/c1-2-11-22-19(23)18(26-20(22)24)12-15-5-3-4-6-17(15)25-13-14-7-9-16(21)10-8-14/h1,3-10,12H,11,13H2/b18-12-. The van der Waals surface area contributed by atoms with Crippen molar-refractivity contribution in [2.24, 2.45) is 0 Å². The minimum atomic E-state index is -0.384. The van der Waals surface area contributed by atoms with Crippen molar-refractivity contribution in [1.29, 1.82) is 0 Å². The van der Waals surface area contributed by atoms with E-state index in [9.17, 15) is 9.59 Å². The summed E-state index contributed by atoms with van der Waals surface area (Å²) in [7, 11) is 0. The van der Waals surface area contributed by atoms with Crippen LogP contribution in [0.25, 0.3) is 6.08 Å². The Bertz CT molecular complexity index is 915. The van der Waals surface area contributed by atoms with Gasteiger partial charge >= 0.3 is 0 Å². The van der Waals surface area contributed by atoms with E-state index >= 15 is 0 Å². The van der Waals surface area contributed by atoms with Crippen LogP contribution in [0.15, 0.2) is 53.4 Å². The lowest BCUT2D eigenvalue weighted by atomic mass is 10.1. The summed E-state index contributed by atoms with van der Waals surface area (Å²) in [5, 5.41) is 0.301. The highest BCUT2D eigenvalue weighted by atomic mass is 35.5. The van der Waals surface area contributed by atoms with Gasteiger partial charge in [0.15, 0.2) is 0 Å². The number of rotatable bonds is 5. The molecule has 0 atom stereocenters. The molecule has 0 aliphatic carbocycles. The van der Waals surface area contributed by atoms with Crippen LogP contribution in [0.2, 0.25) is 5.02 Å². The second kappa shape index (κ2) is 8.13. The predicted molar refractivity (Wildman–Crippen MR) is 104 cm³/mol. The maximum absolute atomic E-state index is 12.3. The SMILES string of the molecule is C#CCN1C(=O)S/C(=C\c2ccccc2OCc2ccc(Cl)cc2)C1=O. The zero-order chi connectivity index (χ0) is 18.5. The van der Waals surface area contributed by atoms with Crippen LogP contribution in [-0.4, -0.2) is 22.6 Å². The summed E-state index contributed by atoms with van der Waals surface area (Å²) in [4.78, 5) is 25.6. The average molecular weight is 384 g/mol. The van der Waals surface area contributed by atoms with Crippen LogP contribution >= 0.6 is 23.4 Å². The number of terminal acetylenes is 1. The Morgan fingerprint density at radius 2 is 1.88 bits per heavy atom. The predicted octanol–water partition coefficient (Wildman–Crippen LogP) is 4.59. The molecule has 1 saturated heterocycles. The second-order valence-electron chi connectivity index (χ2n) is 5.42. The molecule has 2 amide bonds. The van der Waals surface area contributed by atoms with Crippen molar-refractivity contribution in [2.75, 3.05) is 6.54 Å². The maximum Gasteiger partial charge on any atom is 0.294 e. The third kappa shape index (κ3) is 4.10. The largest absolute Gasteiger partial charge is 0.488 e. The third-order valence-corrected chi connectivity index (χ3v) is 4.80. The van der Waals surface area contributed by atoms with E-state index in [2.05, 4.69) is 5.92 Å². The van der Waals surface area contributed by atoms with Crippen LogP contribution in [0.1, 0.15) is 11.1 Å². The van der Waals surface area contributed by atoms with E-state index in [1.165, 1.54) is 0 Å². The molecular formula is C20H14ClNO3S. The fourth-order valence-corrected chi connectivity index (χ4v) is 3.30. The summed E-state index contributed by atoms with van der Waals surface area (Å²) in [6.07, 6.45) is 6.86. The van der Waals surface area contributed by atoms with Gasteiger partial charge in [0.25, 0.3) is 11.1 Å². The van der Waals surface area contributed by atoms with E-state index < -0.39 is 0 Å². The summed E-state index contributed by atoms with van der Waals surface area (Å²) in [5.74, 6) is 2.55. The van der Waals surface area contributed by atoms with Gasteiger partial charge in [-0.3, -0.25) is 14.5 Å². The number of hydrogen-bond donors (Lipinski definition) is 0. The third-order valence-electron chi connectivity index (χ3n) is 3.64. The zero-order valence-corrected chi connectivity index (χ0v) is 15.2. The van der Waals surface area contributed by atoms with Crippen LogP contribution < -0.4 is 4.74 Å². The van der Waals surface area contributed by atoms with E-state index in [0.29, 0.717) is 27.8 Å². The summed E-state index contributed by atoms with van der Waals surface area (Å²) >= 11 is 6.76. The van der Waals surface area contributed by atoms with Crippen molar-refractivity contribution < 1.29 is 14.3 Å². The van der Waals surface area contributed by atoms with Crippen molar-refractivity contribution in [3.63, 3.8) is 0 Å². The number of para-hydroxylation sites is 1. The van der Waals surface area contributed by atoms with Gasteiger partial charge in [-0.2, -0.15) is 0 Å². The van der Waals surface area contributed by atoms with E-state index in [0.717, 1.165) is 22.2 Å². The number of nitrogens with zero attached hydrogens (tertiary/aromatic N) is 1. The lowest BCUT2D eigenvalue weighted by molar-refractivity contribution is -0.122. The molecule has 0 radical (unpaired) electrons. The number of imide groups is 1. The zero-order valence-electron chi connectivity index (χ0n) is 13.6. The monoisotopic (exact) mass is 383 g/mol. The van der Waals surface area contributed by atoms with Crippen molar-refractivity contribution in [2.45, 2.75) is 6.61 Å². The molecular weight excluding hydrogens is 370 g/mol. The highest BCUT2D eigenvalue weighted by Gasteiger charge is 2.34. The Labute approximate surface area is 160 Å². The van der Waals surface area contributed by atoms with Gasteiger partial charge in [0.1, 0.15) is 12.4 Å². The van der Waals surface area contributed by atoms with Crippen molar-refractivity contribution in [3.05, 3.63) is 69.6 Å². The molecule has 130 valence electrons. The first-order chi connectivity index (χ1) is 12.6. The Morgan fingerprint density at radius 1 is 1.15 bits per heavy atom. The fourth-order valence-electron chi connectivity index (χ4n) is 2.34. The first kappa shape index (κ1) is 18.1. The molecule has 0 bridgehead atoms. The molecule has 1 heterocycles. The Hall–Kier alpha value is -2.68. The number of amides is 2. The second-order valence-corrected chi connectivity index (χ2v) is 6.85. The number of benzene rings is 2. The minimum Gasteiger partial charge on any atom is -0.488 e. The Kier molecular flexibility index (Phi) is 5.67. The molecule has 0 spiro atoms. The van der Waals surface area contributed by atoms with Crippen LogP contribution in [0, 0.1) is 12.3 Å². The number of ether oxygens (including phenoxy) is 1. The van der Waals surface area contributed by atoms with Crippen molar-refractivity contribution >= 4 is 40.6 Å². The van der Waals surface area contributed by atoms with Gasteiger partial charge in [-0.15, -0.1) is 6.42 Å². The first-order valence-electron chi connectivity index (χ1n) is 7.73. The van der Waals surface area contributed by atoms with Gasteiger partial charge in [0.2, 0.25) is 0 Å². The molecule has 3 rings (SSSR count). The van der Waals surface area contributed by atoms with Crippen LogP contribution in [0.3, 0.4) is 0 Å². The number of thioether (sulfide) groups is 1. The van der Waals surface area contributed by atoms with E-state index in [1.807, 2.05) is 36.4 Å². The van der Waals surface area contributed by atoms with Crippen LogP contribution in [0.5, 0.6) is 5.75 Å². The minimum absolute atomic E-state index is 0.0310. The highest BCUT2D eigenvalue weighted by molar-refractivity contribution is 8.18. The van der Waals surface area contributed by atoms with E-state index in [-0.39, 0.29) is 17.7 Å². The molecule has 1 aliphatic rings. The van der Waals surface area contributed by atoms with Gasteiger partial charge in [-0.05, 0) is 41.6 Å². The molecule has 1 fully saturated rings. The molecule has 26 heavy (non-hydrogen) atoms. The smallest absolute Gasteiger partial charge is 0.294 e. The van der Waals surface area contributed by atoms with Gasteiger partial charge < -0.3 is 4.74 Å². The normalized spacial score (nSPS) is 15.4. The van der Waals surface area contributed by atoms with Crippen molar-refractivity contribution in [1.82, 2.24) is 4.90 Å². The fraction of sp³-hybridized carbons (Fsp3) is 0.100. The maximum atomic E-state index is 12.3. The molecule has 0 aromatic heterocycles. The number of hydrogen-bond acceptors (Lipinski definition) is 4. The molecule has 0 unspecified atom stereocenters. The van der Waals surface area contributed by atoms with Gasteiger partial charge in [-0.1, -0.05) is 47.9 Å². The summed E-state index contributed by atoms with van der Waals surface area (Å²) in [6, 6.07) is 14.7. The number of halogens is 1. The van der Waals surface area contributed by atoms with E-state index in [1.54, 1.807) is 18.2 Å². The number of carbonyl (C=O) groups excluding carboxylic acids is 2. The average Bonchev–Trinajstić information content (AvgIpc) is 2.90. The molecule has 0 N–H and O–H groups in total. The Morgan fingerprint density at radius 3 is 2.62 bits per heavy atom. The van der Waals surface area contributed by atoms with Gasteiger partial charge in [-0.25, -0.2) is 0 Å². The number of carbonyl (C=O) groups is 2. The quantitative estimate of drug-likeness (QED) is 0.559. The molecule has 4 nitrogen and oxygen atoms in total. The summed E-state index contributed by atoms with van der Waals surface area (Å²) in [6.45, 7) is 0.331. The molecule has 1 aliphatic heterocycles. The summed E-state index contributed by atoms with van der Waals surface area (Å²) < 4.78 is 5.87. The molecule has 2 aromatic rings. The molecule has 0 saturated carbocycles. The highest BCUT2D eigenvalue weighted by Crippen LogP contribution is 2.33. The Balaban J connectivity index is 1.79. The molecule has 2 aromatic carbocycles. The van der Waals surface area contributed by atoms with Crippen molar-refractivity contribution in [3.8, 4) is 18.1 Å². The van der Waals surface area contributed by atoms with Gasteiger partial charge in [0.05, 0.1) is 11.4 Å².